The van der Waals surface area contributed by atoms with Crippen LogP contribution in [-0.2, 0) is 13.5 Å². The molecule has 0 fully saturated rings. The monoisotopic (exact) mass is 491 g/mol. The first kappa shape index (κ1) is 23.0. The summed E-state index contributed by atoms with van der Waals surface area (Å²) in [5, 5.41) is 2.65. The van der Waals surface area contributed by atoms with Crippen molar-refractivity contribution in [2.45, 2.75) is 41.0 Å². The Bertz CT molecular complexity index is 1950. The molecule has 0 saturated heterocycles. The van der Waals surface area contributed by atoms with Crippen molar-refractivity contribution in [1.29, 1.82) is 0 Å². The highest BCUT2D eigenvalue weighted by Gasteiger charge is 2.24. The van der Waals surface area contributed by atoms with Crippen molar-refractivity contribution in [2.24, 2.45) is 7.05 Å². The van der Waals surface area contributed by atoms with Crippen LogP contribution in [0.1, 0.15) is 38.9 Å². The molecule has 1 aliphatic carbocycles. The van der Waals surface area contributed by atoms with Crippen LogP contribution in [-0.4, -0.2) is 4.57 Å². The van der Waals surface area contributed by atoms with E-state index in [4.69, 9.17) is 0 Å². The lowest BCUT2D eigenvalue weighted by Gasteiger charge is -2.14. The lowest BCUT2D eigenvalue weighted by molar-refractivity contribution is 1.01. The Labute approximate surface area is 225 Å². The number of hydrogen-bond acceptors (Lipinski definition) is 0. The normalized spacial score (nSPS) is 12.4. The fourth-order valence-corrected chi connectivity index (χ4v) is 6.76. The van der Waals surface area contributed by atoms with Crippen molar-refractivity contribution in [3.8, 4) is 33.4 Å². The predicted octanol–water partition coefficient (Wildman–Crippen LogP) is 9.78. The van der Waals surface area contributed by atoms with Gasteiger partial charge in [0.25, 0.3) is 0 Å². The Morgan fingerprint density at radius 1 is 0.474 bits per heavy atom. The zero-order valence-electron chi connectivity index (χ0n) is 23.2. The van der Waals surface area contributed by atoms with E-state index in [1.54, 1.807) is 0 Å². The van der Waals surface area contributed by atoms with E-state index >= 15 is 0 Å². The largest absolute Gasteiger partial charge is 0.344 e. The van der Waals surface area contributed by atoms with E-state index in [-0.39, 0.29) is 0 Å². The van der Waals surface area contributed by atoms with Crippen LogP contribution in [0.4, 0.5) is 0 Å². The molecule has 1 heteroatoms. The van der Waals surface area contributed by atoms with Crippen molar-refractivity contribution >= 4 is 21.8 Å². The average Bonchev–Trinajstić information content (AvgIpc) is 3.38. The molecule has 6 aromatic rings. The van der Waals surface area contributed by atoms with Gasteiger partial charge in [0, 0.05) is 28.9 Å². The molecule has 5 aromatic carbocycles. The van der Waals surface area contributed by atoms with E-state index < -0.39 is 0 Å². The van der Waals surface area contributed by atoms with Gasteiger partial charge in [-0.1, -0.05) is 65.7 Å². The van der Waals surface area contributed by atoms with E-state index in [0.29, 0.717) is 0 Å². The highest BCUT2D eigenvalue weighted by Crippen LogP contribution is 2.45. The molecule has 0 saturated carbocycles. The SMILES string of the molecule is Cc1cc(-c2ccc3c4cc(C)ccc4n(C)c3c2)cc(-c2cc(C)cc3c2Cc2c(C)cc(C)cc2-3)c1. The van der Waals surface area contributed by atoms with Crippen LogP contribution >= 0.6 is 0 Å². The van der Waals surface area contributed by atoms with E-state index in [1.807, 2.05) is 0 Å². The maximum absolute atomic E-state index is 2.40. The second-order valence-corrected chi connectivity index (χ2v) is 11.5. The first-order valence-electron chi connectivity index (χ1n) is 13.6. The molecule has 1 heterocycles. The van der Waals surface area contributed by atoms with Gasteiger partial charge in [0.1, 0.15) is 0 Å². The van der Waals surface area contributed by atoms with Crippen molar-refractivity contribution in [2.75, 3.05) is 0 Å². The summed E-state index contributed by atoms with van der Waals surface area (Å²) in [4.78, 5) is 0. The summed E-state index contributed by atoms with van der Waals surface area (Å²) in [5.74, 6) is 0. The average molecular weight is 492 g/mol. The number of aryl methyl sites for hydroxylation is 6. The molecule has 0 bridgehead atoms. The molecule has 0 radical (unpaired) electrons. The molecule has 0 unspecified atom stereocenters. The second kappa shape index (κ2) is 8.20. The molecule has 7 rings (SSSR count). The minimum atomic E-state index is 1.01. The van der Waals surface area contributed by atoms with Crippen LogP contribution in [0.5, 0.6) is 0 Å². The van der Waals surface area contributed by atoms with Gasteiger partial charge >= 0.3 is 0 Å². The number of benzene rings is 5. The van der Waals surface area contributed by atoms with Crippen LogP contribution in [0.25, 0.3) is 55.2 Å². The van der Waals surface area contributed by atoms with Gasteiger partial charge in [0.15, 0.2) is 0 Å². The van der Waals surface area contributed by atoms with Gasteiger partial charge in [-0.25, -0.2) is 0 Å². The van der Waals surface area contributed by atoms with E-state index in [9.17, 15) is 0 Å². The summed E-state index contributed by atoms with van der Waals surface area (Å²) in [7, 11) is 2.18. The summed E-state index contributed by atoms with van der Waals surface area (Å²) >= 11 is 0. The maximum Gasteiger partial charge on any atom is 0.0494 e. The minimum Gasteiger partial charge on any atom is -0.344 e. The first-order chi connectivity index (χ1) is 18.3. The quantitative estimate of drug-likeness (QED) is 0.227. The number of hydrogen-bond donors (Lipinski definition) is 0. The molecule has 1 aromatic heterocycles. The summed E-state index contributed by atoms with van der Waals surface area (Å²) < 4.78 is 2.33. The van der Waals surface area contributed by atoms with Crippen LogP contribution < -0.4 is 0 Å². The maximum atomic E-state index is 2.40. The third kappa shape index (κ3) is 3.45. The zero-order valence-corrected chi connectivity index (χ0v) is 23.2. The number of fused-ring (bicyclic) bond motifs is 6. The lowest BCUT2D eigenvalue weighted by Crippen LogP contribution is -1.92. The summed E-state index contributed by atoms with van der Waals surface area (Å²) in [5.41, 5.74) is 20.3. The Balaban J connectivity index is 1.40. The Kier molecular flexibility index (Phi) is 4.97. The lowest BCUT2D eigenvalue weighted by atomic mass is 9.90. The third-order valence-corrected chi connectivity index (χ3v) is 8.54. The molecule has 38 heavy (non-hydrogen) atoms. The fraction of sp³-hybridized carbons (Fsp3) is 0.189. The van der Waals surface area contributed by atoms with E-state index in [1.165, 1.54) is 94.1 Å². The first-order valence-corrected chi connectivity index (χ1v) is 13.6. The molecule has 0 spiro atoms. The molecule has 0 amide bonds. The number of aromatic nitrogens is 1. The predicted molar refractivity (Wildman–Crippen MR) is 163 cm³/mol. The second-order valence-electron chi connectivity index (χ2n) is 11.5. The standard InChI is InChI=1S/C37H33N/c1-21-7-10-36-35(14-21)29-9-8-26(19-37(29)38(36)6)27-12-23(3)13-28(18-27)31-15-24(4)17-33-32-16-22(2)11-25(5)30(32)20-34(31)33/h7-19H,20H2,1-6H3. The summed E-state index contributed by atoms with van der Waals surface area (Å²) in [6.45, 7) is 11.1. The molecule has 0 aliphatic heterocycles. The summed E-state index contributed by atoms with van der Waals surface area (Å²) in [6, 6.07) is 30.3. The molecule has 1 aliphatic rings. The molecule has 0 atom stereocenters. The van der Waals surface area contributed by atoms with Gasteiger partial charge in [-0.2, -0.15) is 0 Å². The van der Waals surface area contributed by atoms with Crippen LogP contribution in [0.3, 0.4) is 0 Å². The molecule has 0 N–H and O–H groups in total. The third-order valence-electron chi connectivity index (χ3n) is 8.54. The Morgan fingerprint density at radius 2 is 1.16 bits per heavy atom. The van der Waals surface area contributed by atoms with Gasteiger partial charge < -0.3 is 4.57 Å². The van der Waals surface area contributed by atoms with Crippen LogP contribution in [0, 0.1) is 34.6 Å². The van der Waals surface area contributed by atoms with Crippen molar-refractivity contribution in [1.82, 2.24) is 4.57 Å². The van der Waals surface area contributed by atoms with Crippen molar-refractivity contribution in [3.63, 3.8) is 0 Å². The smallest absolute Gasteiger partial charge is 0.0494 e. The minimum absolute atomic E-state index is 1.01. The highest BCUT2D eigenvalue weighted by molar-refractivity contribution is 6.09. The van der Waals surface area contributed by atoms with E-state index in [2.05, 4.69) is 125 Å². The van der Waals surface area contributed by atoms with Crippen molar-refractivity contribution in [3.05, 3.63) is 118 Å². The van der Waals surface area contributed by atoms with Gasteiger partial charge in [-0.3, -0.25) is 0 Å². The fourth-order valence-electron chi connectivity index (χ4n) is 6.76. The molecular formula is C37H33N. The van der Waals surface area contributed by atoms with Crippen LogP contribution in [0.15, 0.2) is 78.9 Å². The topological polar surface area (TPSA) is 4.93 Å². The Morgan fingerprint density at radius 3 is 1.97 bits per heavy atom. The van der Waals surface area contributed by atoms with Gasteiger partial charge in [0.05, 0.1) is 0 Å². The number of rotatable bonds is 2. The molecule has 1 nitrogen and oxygen atoms in total. The van der Waals surface area contributed by atoms with Gasteiger partial charge in [-0.15, -0.1) is 0 Å². The zero-order chi connectivity index (χ0) is 26.3. The molecule has 186 valence electrons. The van der Waals surface area contributed by atoms with Gasteiger partial charge in [-0.05, 0) is 127 Å². The van der Waals surface area contributed by atoms with Crippen LogP contribution in [0.2, 0.25) is 0 Å². The van der Waals surface area contributed by atoms with Gasteiger partial charge in [0.2, 0.25) is 0 Å². The number of nitrogens with zero attached hydrogens (tertiary/aromatic N) is 1. The highest BCUT2D eigenvalue weighted by atomic mass is 14.9. The Hall–Kier alpha value is -4.10. The van der Waals surface area contributed by atoms with Crippen molar-refractivity contribution < 1.29 is 0 Å². The summed E-state index contributed by atoms with van der Waals surface area (Å²) in [6.07, 6.45) is 1.01. The molecular weight excluding hydrogens is 458 g/mol. The van der Waals surface area contributed by atoms with E-state index in [0.717, 1.165) is 6.42 Å².